The summed E-state index contributed by atoms with van der Waals surface area (Å²) in [6.45, 7) is 0.760. The van der Waals surface area contributed by atoms with Gasteiger partial charge in [0.2, 0.25) is 0 Å². The van der Waals surface area contributed by atoms with Crippen molar-refractivity contribution in [2.75, 3.05) is 46.2 Å². The molecule has 5 aliphatic heterocycles. The topological polar surface area (TPSA) is 629 Å². The molecule has 0 radical (unpaired) electrons. The minimum Gasteiger partial charge on any atom is -0.477 e. The Morgan fingerprint density at radius 3 is 0.774 bits per heavy atom. The molecule has 5 heterocycles. The van der Waals surface area contributed by atoms with Gasteiger partial charge >= 0.3 is 29.8 Å². The van der Waals surface area contributed by atoms with Gasteiger partial charge in [-0.1, -0.05) is 47.5 Å². The summed E-state index contributed by atoms with van der Waals surface area (Å²) in [5.74, 6) is -30.1. The molecule has 540 valence electrons. The number of carbonyl (C=O) groups is 5. The van der Waals surface area contributed by atoms with Crippen LogP contribution in [0.5, 0.6) is 0 Å². The summed E-state index contributed by atoms with van der Waals surface area (Å²) in [5, 5.41) is 227. The summed E-state index contributed by atoms with van der Waals surface area (Å²) in [6.07, 6.45) is -41.6. The van der Waals surface area contributed by atoms with Gasteiger partial charge in [0.15, 0.2) is 0 Å². The Bertz CT molecular complexity index is 2440. The van der Waals surface area contributed by atoms with Crippen LogP contribution in [0.3, 0.4) is 0 Å². The highest BCUT2D eigenvalue weighted by atomic mass is 16.8. The molecule has 37 heteroatoms. The first kappa shape index (κ1) is 80.0. The molecule has 23 N–H and O–H groups in total. The van der Waals surface area contributed by atoms with Crippen LogP contribution < -0.4 is 5.73 Å². The lowest BCUT2D eigenvalue weighted by molar-refractivity contribution is -0.340. The highest BCUT2D eigenvalue weighted by Gasteiger charge is 2.61. The second-order valence-electron chi connectivity index (χ2n) is 25.1. The number of aliphatic carboxylic acids is 5. The highest BCUT2D eigenvalue weighted by molar-refractivity contribution is 5.78. The lowest BCUT2D eigenvalue weighted by Crippen LogP contribution is -2.64. The minimum absolute atomic E-state index is 0.143. The maximum Gasteiger partial charge on any atom is 0.364 e. The lowest BCUT2D eigenvalue weighted by Gasteiger charge is -2.48. The van der Waals surface area contributed by atoms with Crippen LogP contribution in [-0.2, 0) is 71.3 Å². The predicted octanol–water partition coefficient (Wildman–Crippen LogP) is -7.98. The van der Waals surface area contributed by atoms with Crippen molar-refractivity contribution in [2.45, 2.75) is 243 Å². The molecule has 30 atom stereocenters. The van der Waals surface area contributed by atoms with E-state index in [4.69, 9.17) is 53.1 Å². The van der Waals surface area contributed by atoms with Crippen molar-refractivity contribution in [2.24, 2.45) is 35.3 Å². The summed E-state index contributed by atoms with van der Waals surface area (Å²) >= 11 is 0. The summed E-state index contributed by atoms with van der Waals surface area (Å²) in [4.78, 5) is 64.0. The number of hydrogen-bond donors (Lipinski definition) is 22. The second kappa shape index (κ2) is 33.2. The zero-order valence-corrected chi connectivity index (χ0v) is 51.8. The fourth-order valence-corrected chi connectivity index (χ4v) is 12.0. The van der Waals surface area contributed by atoms with Crippen LogP contribution in [0.15, 0.2) is 0 Å². The first-order valence-electron chi connectivity index (χ1n) is 30.6. The molecule has 0 aromatic heterocycles. The van der Waals surface area contributed by atoms with Gasteiger partial charge in [0.1, 0.15) is 61.0 Å². The Hall–Kier alpha value is -3.73. The van der Waals surface area contributed by atoms with E-state index in [1.54, 1.807) is 0 Å². The van der Waals surface area contributed by atoms with E-state index in [0.29, 0.717) is 25.8 Å². The average molecular weight is 1360 g/mol. The summed E-state index contributed by atoms with van der Waals surface area (Å²) < 4.78 is 55.8. The van der Waals surface area contributed by atoms with Gasteiger partial charge in [-0.15, -0.1) is 0 Å². The van der Waals surface area contributed by atoms with Crippen molar-refractivity contribution in [3.05, 3.63) is 0 Å². The molecule has 93 heavy (non-hydrogen) atoms. The molecular formula is C56H95NO36. The Morgan fingerprint density at radius 2 is 0.570 bits per heavy atom. The van der Waals surface area contributed by atoms with Crippen molar-refractivity contribution < 1.29 is 179 Å². The highest BCUT2D eigenvalue weighted by Crippen LogP contribution is 2.43. The second-order valence-corrected chi connectivity index (χ2v) is 25.1. The standard InChI is InChI=1S/C56H95NO36/c1-22-28(60)13-53(48(76)77,90-42(22)37(69)32(64)17-58)85-19-34(66)39(71)44-24(3)30(62)15-55(92-44,50(80)81)87-21-36(68)41(73)46-26(5)31(63)16-56(93-46,51(82)83)88-20-35(67)40(72)45-25(4)29(61)14-54(91-45,49(78)79)86-18-33(65)38(70)43-23(2)27(59)12-52(89-43,47(74)75)84-11-9-7-6-8-10-57/h22-46,58-73H,6-21,57H2,1-5H3,(H,74,75)(H,76,77)(H,78,79)(H,80,81)(H,82,83)/t22-,23-,24-,25-,26-,27?,28?,29?,30?,31?,32-,33-,34-,35-,36-,37-,38-,39-,40-,41-,42-,43-,44-,45-,46-,52?,53?,54?,55?,56?/m1/s1. The number of aliphatic hydroxyl groups is 16. The zero-order chi connectivity index (χ0) is 70.2. The summed E-state index contributed by atoms with van der Waals surface area (Å²) in [5.41, 5.74) is 5.52. The van der Waals surface area contributed by atoms with Gasteiger partial charge in [0.25, 0.3) is 28.9 Å². The fraction of sp³-hybridized carbons (Fsp3) is 0.911. The molecule has 0 amide bonds. The van der Waals surface area contributed by atoms with Gasteiger partial charge in [0, 0.05) is 61.7 Å². The summed E-state index contributed by atoms with van der Waals surface area (Å²) in [7, 11) is 0. The van der Waals surface area contributed by atoms with E-state index < -0.39 is 276 Å². The van der Waals surface area contributed by atoms with Crippen LogP contribution in [0.4, 0.5) is 0 Å². The largest absolute Gasteiger partial charge is 0.477 e. The molecular weight excluding hydrogens is 1260 g/mol. The third kappa shape index (κ3) is 18.0. The predicted molar refractivity (Wildman–Crippen MR) is 300 cm³/mol. The van der Waals surface area contributed by atoms with Gasteiger partial charge in [-0.05, 0) is 19.4 Å². The van der Waals surface area contributed by atoms with Gasteiger partial charge in [-0.3, -0.25) is 0 Å². The number of hydrogen-bond acceptors (Lipinski definition) is 32. The van der Waals surface area contributed by atoms with E-state index >= 15 is 0 Å². The smallest absolute Gasteiger partial charge is 0.364 e. The lowest BCUT2D eigenvalue weighted by atomic mass is 9.84. The van der Waals surface area contributed by atoms with Gasteiger partial charge in [-0.2, -0.15) is 0 Å². The molecule has 5 aliphatic rings. The number of carboxylic acid groups (broad SMARTS) is 5. The van der Waals surface area contributed by atoms with Gasteiger partial charge < -0.3 is 160 Å². The molecule has 0 spiro atoms. The van der Waals surface area contributed by atoms with E-state index in [1.807, 2.05) is 0 Å². The Balaban J connectivity index is 1.25. The van der Waals surface area contributed by atoms with Crippen LogP contribution in [0.25, 0.3) is 0 Å². The normalized spacial score (nSPS) is 40.1. The quantitative estimate of drug-likeness (QED) is 0.0262. The number of carboxylic acids is 5. The Morgan fingerprint density at radius 1 is 0.366 bits per heavy atom. The van der Waals surface area contributed by atoms with Crippen LogP contribution in [-0.4, -0.2) is 334 Å². The molecule has 37 nitrogen and oxygen atoms in total. The number of rotatable bonds is 35. The first-order chi connectivity index (χ1) is 43.3. The number of aliphatic hydroxyl groups excluding tert-OH is 16. The molecule has 5 saturated heterocycles. The third-order valence-corrected chi connectivity index (χ3v) is 18.5. The van der Waals surface area contributed by atoms with Gasteiger partial charge in [-0.25, -0.2) is 24.0 Å². The van der Waals surface area contributed by atoms with Crippen molar-refractivity contribution in [1.82, 2.24) is 0 Å². The van der Waals surface area contributed by atoms with Crippen LogP contribution in [0.2, 0.25) is 0 Å². The Labute approximate surface area is 532 Å². The summed E-state index contributed by atoms with van der Waals surface area (Å²) in [6, 6.07) is 0. The van der Waals surface area contributed by atoms with Crippen molar-refractivity contribution in [3.8, 4) is 0 Å². The molecule has 0 saturated carbocycles. The first-order valence-corrected chi connectivity index (χ1v) is 30.6. The number of unbranched alkanes of at least 4 members (excludes halogenated alkanes) is 3. The van der Waals surface area contributed by atoms with Crippen LogP contribution in [0.1, 0.15) is 92.4 Å². The minimum atomic E-state index is -3.08. The van der Waals surface area contributed by atoms with Crippen molar-refractivity contribution in [1.29, 1.82) is 0 Å². The van der Waals surface area contributed by atoms with E-state index in [1.165, 1.54) is 34.6 Å². The SMILES string of the molecule is C[C@@H]1C(O)CC(OC[C@@H](O)[C@@H](O)[C@@H]2OC(OC[C@@H](O)[C@@H](O)[C@@H]3OC(OC[C@@H](O)[C@@H](O)[C@@H]4OC(OC[C@@H](O)[C@@H](O)[C@@H]5OC(OCCCCCCN)(C(=O)O)CC(O)[C@H]5C)(C(=O)O)CC(O)[C@H]4C)(C(=O)O)CC(O)[C@H]3C)(C(=O)O)CC(O)[C@H]2C)(C(=O)O)O[C@H]1[C@H](O)[C@H](O)CO. The average Bonchev–Trinajstić information content (AvgIpc) is 0.807. The molecule has 5 fully saturated rings. The molecule has 0 aliphatic carbocycles. The maximum atomic E-state index is 13.0. The van der Waals surface area contributed by atoms with Crippen LogP contribution in [0, 0.1) is 29.6 Å². The fourth-order valence-electron chi connectivity index (χ4n) is 12.0. The van der Waals surface area contributed by atoms with E-state index in [0.717, 1.165) is 6.42 Å². The molecule has 0 bridgehead atoms. The van der Waals surface area contributed by atoms with Crippen molar-refractivity contribution in [3.63, 3.8) is 0 Å². The number of nitrogens with two attached hydrogens (primary N) is 1. The van der Waals surface area contributed by atoms with E-state index in [-0.39, 0.29) is 6.61 Å². The zero-order valence-electron chi connectivity index (χ0n) is 51.8. The molecule has 0 aromatic carbocycles. The molecule has 5 rings (SSSR count). The van der Waals surface area contributed by atoms with E-state index in [2.05, 4.69) is 0 Å². The Kier molecular flexibility index (Phi) is 28.6. The van der Waals surface area contributed by atoms with Crippen molar-refractivity contribution >= 4 is 29.8 Å². The van der Waals surface area contributed by atoms with E-state index in [9.17, 15) is 131 Å². The number of ether oxygens (including phenoxy) is 10. The molecule has 10 unspecified atom stereocenters. The maximum absolute atomic E-state index is 13.0. The monoisotopic (exact) mass is 1360 g/mol. The molecule has 0 aromatic rings. The van der Waals surface area contributed by atoms with Gasteiger partial charge in [0.05, 0.1) is 101 Å². The third-order valence-electron chi connectivity index (χ3n) is 18.5. The van der Waals surface area contributed by atoms with Crippen LogP contribution >= 0.6 is 0 Å².